The van der Waals surface area contributed by atoms with Crippen molar-refractivity contribution in [3.63, 3.8) is 0 Å². The molecular weight excluding hydrogens is 314 g/mol. The number of ether oxygens (including phenoxy) is 1. The first-order valence-electron chi connectivity index (χ1n) is 10.7. The predicted octanol–water partition coefficient (Wildman–Crippen LogP) is 4.94. The molecule has 0 rings (SSSR count). The van der Waals surface area contributed by atoms with Crippen LogP contribution in [0.4, 0.5) is 0 Å². The van der Waals surface area contributed by atoms with Crippen LogP contribution in [0.2, 0.25) is 0 Å². The first kappa shape index (κ1) is 24.4. The molecule has 0 bridgehead atoms. The number of nitrogens with zero attached hydrogens (tertiary/aromatic N) is 1. The Morgan fingerprint density at radius 1 is 0.800 bits per heavy atom. The van der Waals surface area contributed by atoms with Gasteiger partial charge in [0.25, 0.3) is 0 Å². The lowest BCUT2D eigenvalue weighted by molar-refractivity contribution is -0.143. The van der Waals surface area contributed by atoms with Gasteiger partial charge in [0.2, 0.25) is 0 Å². The number of rotatable bonds is 19. The zero-order chi connectivity index (χ0) is 18.6. The monoisotopic (exact) mass is 357 g/mol. The molecule has 0 aliphatic rings. The van der Waals surface area contributed by atoms with E-state index in [1.54, 1.807) is 0 Å². The fourth-order valence-corrected chi connectivity index (χ4v) is 3.02. The summed E-state index contributed by atoms with van der Waals surface area (Å²) in [5.41, 5.74) is 0. The molecule has 25 heavy (non-hydrogen) atoms. The highest BCUT2D eigenvalue weighted by atomic mass is 16.5. The van der Waals surface area contributed by atoms with E-state index < -0.39 is 0 Å². The molecule has 4 nitrogen and oxygen atoms in total. The van der Waals surface area contributed by atoms with Crippen LogP contribution in [0, 0.1) is 0 Å². The van der Waals surface area contributed by atoms with Crippen molar-refractivity contribution in [2.24, 2.45) is 0 Å². The molecule has 4 heteroatoms. The second-order valence-electron chi connectivity index (χ2n) is 7.02. The van der Waals surface area contributed by atoms with E-state index in [0.29, 0.717) is 13.0 Å². The summed E-state index contributed by atoms with van der Waals surface area (Å²) in [5, 5.41) is 8.93. The number of aliphatic hydroxyl groups excluding tert-OH is 1. The van der Waals surface area contributed by atoms with Crippen molar-refractivity contribution in [1.29, 1.82) is 0 Å². The van der Waals surface area contributed by atoms with Gasteiger partial charge in [0.05, 0.1) is 13.2 Å². The zero-order valence-electron chi connectivity index (χ0n) is 16.9. The quantitative estimate of drug-likeness (QED) is 0.263. The smallest absolute Gasteiger partial charge is 0.305 e. The zero-order valence-corrected chi connectivity index (χ0v) is 16.9. The Morgan fingerprint density at radius 3 is 2.00 bits per heavy atom. The molecule has 0 aromatic carbocycles. The van der Waals surface area contributed by atoms with Crippen molar-refractivity contribution in [2.45, 2.75) is 97.3 Å². The highest BCUT2D eigenvalue weighted by Gasteiger charge is 2.04. The molecule has 150 valence electrons. The van der Waals surface area contributed by atoms with E-state index in [-0.39, 0.29) is 12.6 Å². The van der Waals surface area contributed by atoms with Crippen LogP contribution in [0.1, 0.15) is 97.3 Å². The Bertz CT molecular complexity index is 284. The number of carbonyl (C=O) groups excluding carboxylic acids is 1. The summed E-state index contributed by atoms with van der Waals surface area (Å²) in [6.07, 6.45) is 15.2. The van der Waals surface area contributed by atoms with E-state index in [1.165, 1.54) is 51.4 Å². The van der Waals surface area contributed by atoms with Crippen LogP contribution < -0.4 is 0 Å². The minimum Gasteiger partial charge on any atom is -0.466 e. The van der Waals surface area contributed by atoms with Crippen molar-refractivity contribution in [3.8, 4) is 0 Å². The molecule has 0 atom stereocenters. The first-order chi connectivity index (χ1) is 12.2. The van der Waals surface area contributed by atoms with Crippen LogP contribution in [0.5, 0.6) is 0 Å². The minimum atomic E-state index is -0.0396. The summed E-state index contributed by atoms with van der Waals surface area (Å²) in [6.45, 7) is 7.90. The van der Waals surface area contributed by atoms with Gasteiger partial charge in [-0.15, -0.1) is 0 Å². The van der Waals surface area contributed by atoms with Gasteiger partial charge in [0, 0.05) is 13.0 Å². The summed E-state index contributed by atoms with van der Waals surface area (Å²) in [7, 11) is 0. The lowest BCUT2D eigenvalue weighted by Crippen LogP contribution is -2.27. The average molecular weight is 358 g/mol. The SMILES string of the molecule is CCCCCCCCCCCOC(=O)CCCCCN(CC)CCO. The second-order valence-corrected chi connectivity index (χ2v) is 7.02. The highest BCUT2D eigenvalue weighted by Crippen LogP contribution is 2.10. The van der Waals surface area contributed by atoms with Gasteiger partial charge in [-0.3, -0.25) is 4.79 Å². The number of hydrogen-bond donors (Lipinski definition) is 1. The first-order valence-corrected chi connectivity index (χ1v) is 10.7. The van der Waals surface area contributed by atoms with Crippen molar-refractivity contribution >= 4 is 5.97 Å². The Balaban J connectivity index is 3.28. The molecule has 0 heterocycles. The van der Waals surface area contributed by atoms with Crippen molar-refractivity contribution < 1.29 is 14.6 Å². The van der Waals surface area contributed by atoms with Crippen molar-refractivity contribution in [2.75, 3.05) is 32.8 Å². The van der Waals surface area contributed by atoms with E-state index in [1.807, 2.05) is 0 Å². The number of hydrogen-bond acceptors (Lipinski definition) is 4. The molecule has 0 saturated carbocycles. The Hall–Kier alpha value is -0.610. The molecule has 0 amide bonds. The van der Waals surface area contributed by atoms with Crippen molar-refractivity contribution in [3.05, 3.63) is 0 Å². The van der Waals surface area contributed by atoms with E-state index in [0.717, 1.165) is 45.3 Å². The molecule has 0 fully saturated rings. The third-order valence-electron chi connectivity index (χ3n) is 4.73. The van der Waals surface area contributed by atoms with Crippen LogP contribution in [0.25, 0.3) is 0 Å². The van der Waals surface area contributed by atoms with Gasteiger partial charge in [0.15, 0.2) is 0 Å². The lowest BCUT2D eigenvalue weighted by atomic mass is 10.1. The van der Waals surface area contributed by atoms with E-state index in [2.05, 4.69) is 18.7 Å². The van der Waals surface area contributed by atoms with Gasteiger partial charge >= 0.3 is 5.97 Å². The van der Waals surface area contributed by atoms with E-state index >= 15 is 0 Å². The maximum absolute atomic E-state index is 11.7. The molecule has 0 spiro atoms. The summed E-state index contributed by atoms with van der Waals surface area (Å²) >= 11 is 0. The Labute approximate surface area is 156 Å². The Morgan fingerprint density at radius 2 is 1.40 bits per heavy atom. The topological polar surface area (TPSA) is 49.8 Å². The molecule has 1 N–H and O–H groups in total. The predicted molar refractivity (Wildman–Crippen MR) is 106 cm³/mol. The molecule has 0 aromatic rings. The third kappa shape index (κ3) is 18.0. The normalized spacial score (nSPS) is 11.2. The highest BCUT2D eigenvalue weighted by molar-refractivity contribution is 5.69. The molecule has 0 aliphatic carbocycles. The number of likely N-dealkylation sites (N-methyl/N-ethyl adjacent to an activating group) is 1. The van der Waals surface area contributed by atoms with Gasteiger partial charge in [-0.1, -0.05) is 71.6 Å². The third-order valence-corrected chi connectivity index (χ3v) is 4.73. The molecule has 0 radical (unpaired) electrons. The van der Waals surface area contributed by atoms with Gasteiger partial charge in [0.1, 0.15) is 0 Å². The summed E-state index contributed by atoms with van der Waals surface area (Å²) < 4.78 is 5.31. The fourth-order valence-electron chi connectivity index (χ4n) is 3.02. The van der Waals surface area contributed by atoms with Crippen LogP contribution in [-0.4, -0.2) is 48.8 Å². The molecular formula is C21H43NO3. The van der Waals surface area contributed by atoms with Crippen molar-refractivity contribution in [1.82, 2.24) is 4.90 Å². The average Bonchev–Trinajstić information content (AvgIpc) is 2.62. The largest absolute Gasteiger partial charge is 0.466 e. The van der Waals surface area contributed by atoms with Gasteiger partial charge in [-0.2, -0.15) is 0 Å². The lowest BCUT2D eigenvalue weighted by Gasteiger charge is -2.18. The van der Waals surface area contributed by atoms with Gasteiger partial charge in [-0.25, -0.2) is 0 Å². The number of unbranched alkanes of at least 4 members (excludes halogenated alkanes) is 10. The number of carbonyl (C=O) groups is 1. The number of aliphatic hydroxyl groups is 1. The van der Waals surface area contributed by atoms with Crippen LogP contribution in [0.3, 0.4) is 0 Å². The standard InChI is InChI=1S/C21H43NO3/c1-3-5-6-7-8-9-10-11-15-20-25-21(24)16-13-12-14-17-22(4-2)18-19-23/h23H,3-20H2,1-2H3. The van der Waals surface area contributed by atoms with Crippen LogP contribution >= 0.6 is 0 Å². The molecule has 0 aromatic heterocycles. The summed E-state index contributed by atoms with van der Waals surface area (Å²) in [4.78, 5) is 13.9. The van der Waals surface area contributed by atoms with E-state index in [4.69, 9.17) is 9.84 Å². The second kappa shape index (κ2) is 19.7. The fraction of sp³-hybridized carbons (Fsp3) is 0.952. The number of esters is 1. The van der Waals surface area contributed by atoms with Gasteiger partial charge < -0.3 is 14.7 Å². The molecule has 0 aliphatic heterocycles. The van der Waals surface area contributed by atoms with Crippen LogP contribution in [-0.2, 0) is 9.53 Å². The molecule has 0 saturated heterocycles. The minimum absolute atomic E-state index is 0.0396. The summed E-state index contributed by atoms with van der Waals surface area (Å²) in [5.74, 6) is -0.0396. The van der Waals surface area contributed by atoms with Crippen LogP contribution in [0.15, 0.2) is 0 Å². The maximum Gasteiger partial charge on any atom is 0.305 e. The summed E-state index contributed by atoms with van der Waals surface area (Å²) in [6, 6.07) is 0. The Kier molecular flexibility index (Phi) is 19.2. The van der Waals surface area contributed by atoms with E-state index in [9.17, 15) is 4.79 Å². The molecule has 0 unspecified atom stereocenters. The maximum atomic E-state index is 11.7. The van der Waals surface area contributed by atoms with Gasteiger partial charge in [-0.05, 0) is 32.4 Å².